The molecule has 7 nitrogen and oxygen atoms in total. The van der Waals surface area contributed by atoms with E-state index >= 15 is 0 Å². The van der Waals surface area contributed by atoms with Crippen molar-refractivity contribution in [2.45, 2.75) is 64.1 Å². The third kappa shape index (κ3) is 8.69. The number of benzene rings is 4. The van der Waals surface area contributed by atoms with Crippen LogP contribution in [0.3, 0.4) is 0 Å². The van der Waals surface area contributed by atoms with Crippen LogP contribution < -0.4 is 9.62 Å². The van der Waals surface area contributed by atoms with Gasteiger partial charge in [0.05, 0.1) is 10.6 Å². The van der Waals surface area contributed by atoms with Gasteiger partial charge >= 0.3 is 0 Å². The van der Waals surface area contributed by atoms with Crippen LogP contribution in [-0.4, -0.2) is 43.3 Å². The monoisotopic (exact) mass is 679 g/mol. The Morgan fingerprint density at radius 3 is 2.09 bits per heavy atom. The fraction of sp³-hybridized carbons (Fsp3) is 0.278. The van der Waals surface area contributed by atoms with Gasteiger partial charge in [-0.1, -0.05) is 89.9 Å². The molecule has 0 unspecified atom stereocenters. The van der Waals surface area contributed by atoms with Gasteiger partial charge in [-0.2, -0.15) is 0 Å². The zero-order chi connectivity index (χ0) is 33.6. The lowest BCUT2D eigenvalue weighted by Gasteiger charge is -2.35. The molecule has 0 aliphatic carbocycles. The molecule has 10 heteroatoms. The minimum atomic E-state index is -4.20. The zero-order valence-corrected chi connectivity index (χ0v) is 29.0. The van der Waals surface area contributed by atoms with E-state index in [1.165, 1.54) is 17.0 Å². The Kier molecular flexibility index (Phi) is 11.2. The molecule has 0 radical (unpaired) electrons. The van der Waals surface area contributed by atoms with Crippen molar-refractivity contribution in [3.8, 4) is 0 Å². The van der Waals surface area contributed by atoms with Crippen LogP contribution in [0.2, 0.25) is 10.0 Å². The van der Waals surface area contributed by atoms with Gasteiger partial charge in [-0.15, -0.1) is 0 Å². The average Bonchev–Trinajstić information content (AvgIpc) is 3.00. The highest BCUT2D eigenvalue weighted by Gasteiger charge is 2.36. The normalized spacial score (nSPS) is 12.3. The van der Waals surface area contributed by atoms with Crippen molar-refractivity contribution in [3.63, 3.8) is 0 Å². The van der Waals surface area contributed by atoms with Crippen molar-refractivity contribution in [3.05, 3.63) is 129 Å². The molecule has 46 heavy (non-hydrogen) atoms. The van der Waals surface area contributed by atoms with Gasteiger partial charge in [0.15, 0.2) is 0 Å². The first kappa shape index (κ1) is 35.0. The Labute approximate surface area is 282 Å². The van der Waals surface area contributed by atoms with E-state index in [0.717, 1.165) is 15.4 Å². The van der Waals surface area contributed by atoms with Crippen molar-refractivity contribution in [2.24, 2.45) is 0 Å². The predicted molar refractivity (Wildman–Crippen MR) is 186 cm³/mol. The number of aryl methyl sites for hydroxylation is 1. The van der Waals surface area contributed by atoms with E-state index in [0.29, 0.717) is 26.9 Å². The van der Waals surface area contributed by atoms with Gasteiger partial charge in [-0.05, 0) is 87.2 Å². The molecule has 1 N–H and O–H groups in total. The van der Waals surface area contributed by atoms with Gasteiger partial charge in [0.2, 0.25) is 11.8 Å². The summed E-state index contributed by atoms with van der Waals surface area (Å²) < 4.78 is 29.6. The van der Waals surface area contributed by atoms with Crippen LogP contribution in [0.15, 0.2) is 102 Å². The van der Waals surface area contributed by atoms with Crippen LogP contribution in [0, 0.1) is 13.8 Å². The van der Waals surface area contributed by atoms with E-state index in [9.17, 15) is 18.0 Å². The standard InChI is InChI=1S/C36H39Cl2N3O4S/c1-25-13-12-18-32(26(25)2)41(46(44,45)30-16-10-7-11-17-30)24-34(42)40(23-28-19-20-29(37)22-31(28)38)33(35(43)39-36(3,4)5)21-27-14-8-6-9-15-27/h6-20,22,33H,21,23-24H2,1-5H3,(H,39,43)/t33-/m0/s1. The maximum Gasteiger partial charge on any atom is 0.264 e. The maximum absolute atomic E-state index is 14.7. The number of anilines is 1. The van der Waals surface area contributed by atoms with Gasteiger partial charge in [-0.3, -0.25) is 13.9 Å². The smallest absolute Gasteiger partial charge is 0.264 e. The highest BCUT2D eigenvalue weighted by atomic mass is 35.5. The summed E-state index contributed by atoms with van der Waals surface area (Å²) >= 11 is 12.8. The number of sulfonamides is 1. The quantitative estimate of drug-likeness (QED) is 0.179. The van der Waals surface area contributed by atoms with Crippen molar-refractivity contribution >= 4 is 50.7 Å². The van der Waals surface area contributed by atoms with E-state index in [2.05, 4.69) is 5.32 Å². The number of amides is 2. The van der Waals surface area contributed by atoms with Crippen LogP contribution in [-0.2, 0) is 32.6 Å². The summed E-state index contributed by atoms with van der Waals surface area (Å²) in [5, 5.41) is 3.77. The minimum absolute atomic E-state index is 0.0438. The van der Waals surface area contributed by atoms with Crippen molar-refractivity contribution < 1.29 is 18.0 Å². The average molecular weight is 681 g/mol. The first-order valence-electron chi connectivity index (χ1n) is 14.9. The number of carbonyl (C=O) groups is 2. The Morgan fingerprint density at radius 1 is 0.848 bits per heavy atom. The lowest BCUT2D eigenvalue weighted by molar-refractivity contribution is -0.140. The van der Waals surface area contributed by atoms with E-state index in [1.807, 2.05) is 71.0 Å². The number of nitrogens with zero attached hydrogens (tertiary/aromatic N) is 2. The molecule has 0 bridgehead atoms. The van der Waals surface area contributed by atoms with Gasteiger partial charge in [0.1, 0.15) is 12.6 Å². The number of hydrogen-bond acceptors (Lipinski definition) is 4. The van der Waals surface area contributed by atoms with Crippen LogP contribution in [0.25, 0.3) is 0 Å². The van der Waals surface area contributed by atoms with Gasteiger partial charge < -0.3 is 10.2 Å². The minimum Gasteiger partial charge on any atom is -0.350 e. The number of rotatable bonds is 11. The molecule has 2 amide bonds. The summed E-state index contributed by atoms with van der Waals surface area (Å²) in [6.07, 6.45) is 0.189. The molecule has 0 aliphatic rings. The Morgan fingerprint density at radius 2 is 1.48 bits per heavy atom. The molecular formula is C36H39Cl2N3O4S. The first-order valence-corrected chi connectivity index (χ1v) is 17.1. The molecule has 242 valence electrons. The molecule has 1 atom stereocenters. The molecule has 4 aromatic carbocycles. The number of hydrogen-bond donors (Lipinski definition) is 1. The summed E-state index contributed by atoms with van der Waals surface area (Å²) in [5.74, 6) is -0.949. The number of halogens is 2. The second-order valence-electron chi connectivity index (χ2n) is 12.2. The number of carbonyl (C=O) groups excluding carboxylic acids is 2. The molecule has 0 aromatic heterocycles. The topological polar surface area (TPSA) is 86.8 Å². The Bertz CT molecular complexity index is 1790. The highest BCUT2D eigenvalue weighted by Crippen LogP contribution is 2.30. The lowest BCUT2D eigenvalue weighted by atomic mass is 10.0. The van der Waals surface area contributed by atoms with Crippen LogP contribution in [0.1, 0.15) is 43.0 Å². The van der Waals surface area contributed by atoms with Gasteiger partial charge in [-0.25, -0.2) is 8.42 Å². The zero-order valence-electron chi connectivity index (χ0n) is 26.6. The van der Waals surface area contributed by atoms with Gasteiger partial charge in [0, 0.05) is 28.5 Å². The van der Waals surface area contributed by atoms with Gasteiger partial charge in [0.25, 0.3) is 10.0 Å². The van der Waals surface area contributed by atoms with E-state index in [1.54, 1.807) is 48.5 Å². The second-order valence-corrected chi connectivity index (χ2v) is 15.0. The fourth-order valence-electron chi connectivity index (χ4n) is 5.08. The summed E-state index contributed by atoms with van der Waals surface area (Å²) in [5.41, 5.74) is 2.76. The van der Waals surface area contributed by atoms with E-state index in [4.69, 9.17) is 23.2 Å². The third-order valence-corrected chi connectivity index (χ3v) is 9.94. The van der Waals surface area contributed by atoms with Crippen LogP contribution >= 0.6 is 23.2 Å². The summed E-state index contributed by atoms with van der Waals surface area (Å²) in [6, 6.07) is 26.6. The fourth-order valence-corrected chi connectivity index (χ4v) is 7.04. The summed E-state index contributed by atoms with van der Waals surface area (Å²) in [6.45, 7) is 8.68. The van der Waals surface area contributed by atoms with Crippen molar-refractivity contribution in [1.29, 1.82) is 0 Å². The van der Waals surface area contributed by atoms with Crippen molar-refractivity contribution in [2.75, 3.05) is 10.8 Å². The molecule has 0 heterocycles. The van der Waals surface area contributed by atoms with E-state index in [-0.39, 0.29) is 23.8 Å². The predicted octanol–water partition coefficient (Wildman–Crippen LogP) is 7.36. The molecule has 0 saturated heterocycles. The molecule has 0 saturated carbocycles. The van der Waals surface area contributed by atoms with Crippen LogP contribution in [0.5, 0.6) is 0 Å². The summed E-state index contributed by atoms with van der Waals surface area (Å²) in [7, 11) is -4.20. The number of nitrogens with one attached hydrogen (secondary N) is 1. The third-order valence-electron chi connectivity index (χ3n) is 7.58. The largest absolute Gasteiger partial charge is 0.350 e. The Hall–Kier alpha value is -3.85. The lowest BCUT2D eigenvalue weighted by Crippen LogP contribution is -2.56. The Balaban J connectivity index is 1.86. The van der Waals surface area contributed by atoms with Crippen LogP contribution in [0.4, 0.5) is 5.69 Å². The molecular weight excluding hydrogens is 641 g/mol. The highest BCUT2D eigenvalue weighted by molar-refractivity contribution is 7.92. The first-order chi connectivity index (χ1) is 21.7. The molecule has 4 aromatic rings. The molecule has 0 aliphatic heterocycles. The molecule has 0 spiro atoms. The van der Waals surface area contributed by atoms with E-state index < -0.39 is 34.1 Å². The maximum atomic E-state index is 14.7. The second kappa shape index (κ2) is 14.7. The van der Waals surface area contributed by atoms with Crippen molar-refractivity contribution in [1.82, 2.24) is 10.2 Å². The molecule has 4 rings (SSSR count). The SMILES string of the molecule is Cc1cccc(N(CC(=O)N(Cc2ccc(Cl)cc2Cl)[C@@H](Cc2ccccc2)C(=O)NC(C)(C)C)S(=O)(=O)c2ccccc2)c1C. The summed E-state index contributed by atoms with van der Waals surface area (Å²) in [4.78, 5) is 30.1. The molecule has 0 fully saturated rings.